The molecule has 24 heavy (non-hydrogen) atoms. The van der Waals surface area contributed by atoms with Crippen LogP contribution in [0.1, 0.15) is 29.2 Å². The highest BCUT2D eigenvalue weighted by atomic mass is 35.5. The van der Waals surface area contributed by atoms with E-state index in [0.717, 1.165) is 30.9 Å². The molecule has 2 aromatic rings. The van der Waals surface area contributed by atoms with E-state index in [1.165, 1.54) is 11.1 Å². The maximum absolute atomic E-state index is 14.1. The fraction of sp³-hybridized carbons (Fsp3) is 0.368. The molecule has 0 aromatic heterocycles. The number of nitrogens with one attached hydrogen (secondary N) is 1. The fourth-order valence-corrected chi connectivity index (χ4v) is 3.46. The average Bonchev–Trinajstić information content (AvgIpc) is 2.61. The second-order valence-electron chi connectivity index (χ2n) is 5.91. The summed E-state index contributed by atoms with van der Waals surface area (Å²) in [5.41, 5.74) is 3.10. The van der Waals surface area contributed by atoms with Crippen LogP contribution in [0.5, 0.6) is 11.5 Å². The normalized spacial score (nSPS) is 16.6. The Morgan fingerprint density at radius 2 is 1.96 bits per heavy atom. The van der Waals surface area contributed by atoms with Crippen LogP contribution >= 0.6 is 11.6 Å². The van der Waals surface area contributed by atoms with Gasteiger partial charge < -0.3 is 14.8 Å². The molecule has 0 fully saturated rings. The van der Waals surface area contributed by atoms with Crippen LogP contribution < -0.4 is 14.8 Å². The molecule has 3 nitrogen and oxygen atoms in total. The van der Waals surface area contributed by atoms with Gasteiger partial charge in [-0.05, 0) is 60.7 Å². The summed E-state index contributed by atoms with van der Waals surface area (Å²) in [6.45, 7) is 0.894. The average molecular weight is 350 g/mol. The molecular weight excluding hydrogens is 329 g/mol. The van der Waals surface area contributed by atoms with Gasteiger partial charge in [-0.2, -0.15) is 0 Å². The Kier molecular flexibility index (Phi) is 5.27. The summed E-state index contributed by atoms with van der Waals surface area (Å²) in [6.07, 6.45) is 2.36. The second kappa shape index (κ2) is 7.41. The number of fused-ring (bicyclic) bond motifs is 1. The minimum Gasteiger partial charge on any atom is -0.493 e. The molecule has 3 rings (SSSR count). The van der Waals surface area contributed by atoms with E-state index in [0.29, 0.717) is 12.0 Å². The molecule has 1 atom stereocenters. The predicted octanol–water partition coefficient (Wildman–Crippen LogP) is 4.32. The van der Waals surface area contributed by atoms with E-state index in [9.17, 15) is 4.39 Å². The van der Waals surface area contributed by atoms with E-state index in [4.69, 9.17) is 21.1 Å². The Bertz CT molecular complexity index is 736. The van der Waals surface area contributed by atoms with E-state index in [1.807, 2.05) is 12.1 Å². The van der Waals surface area contributed by atoms with Crippen molar-refractivity contribution in [2.75, 3.05) is 20.8 Å². The van der Waals surface area contributed by atoms with Gasteiger partial charge in [0.25, 0.3) is 0 Å². The first-order valence-corrected chi connectivity index (χ1v) is 8.43. The van der Waals surface area contributed by atoms with E-state index < -0.39 is 0 Å². The van der Waals surface area contributed by atoms with Crippen LogP contribution in [0.15, 0.2) is 30.3 Å². The molecule has 0 saturated carbocycles. The van der Waals surface area contributed by atoms with Crippen molar-refractivity contribution in [1.82, 2.24) is 5.32 Å². The van der Waals surface area contributed by atoms with Gasteiger partial charge in [-0.1, -0.05) is 23.7 Å². The summed E-state index contributed by atoms with van der Waals surface area (Å²) in [6, 6.07) is 9.38. The zero-order chi connectivity index (χ0) is 17.1. The lowest BCUT2D eigenvalue weighted by atomic mass is 9.90. The van der Waals surface area contributed by atoms with Crippen molar-refractivity contribution in [2.45, 2.75) is 25.3 Å². The smallest absolute Gasteiger partial charge is 0.161 e. The van der Waals surface area contributed by atoms with Crippen molar-refractivity contribution in [1.29, 1.82) is 0 Å². The maximum atomic E-state index is 14.1. The Balaban J connectivity index is 1.83. The molecule has 1 aliphatic rings. The van der Waals surface area contributed by atoms with Crippen LogP contribution in [-0.2, 0) is 12.8 Å². The molecular formula is C19H21ClFNO2. The first-order chi connectivity index (χ1) is 11.6. The van der Waals surface area contributed by atoms with Crippen molar-refractivity contribution in [3.8, 4) is 11.5 Å². The Hall–Kier alpha value is -1.78. The number of rotatable bonds is 5. The number of ether oxygens (including phenoxy) is 2. The first kappa shape index (κ1) is 17.1. The van der Waals surface area contributed by atoms with Gasteiger partial charge in [-0.15, -0.1) is 0 Å². The van der Waals surface area contributed by atoms with Crippen LogP contribution in [0.25, 0.3) is 0 Å². The van der Waals surface area contributed by atoms with Crippen molar-refractivity contribution in [3.05, 3.63) is 57.9 Å². The fourth-order valence-electron chi connectivity index (χ4n) is 3.27. The lowest BCUT2D eigenvalue weighted by Crippen LogP contribution is -2.30. The molecule has 0 amide bonds. The van der Waals surface area contributed by atoms with E-state index >= 15 is 0 Å². The Morgan fingerprint density at radius 1 is 1.21 bits per heavy atom. The van der Waals surface area contributed by atoms with Gasteiger partial charge in [0, 0.05) is 6.04 Å². The van der Waals surface area contributed by atoms with Crippen molar-refractivity contribution in [2.24, 2.45) is 0 Å². The molecule has 0 unspecified atom stereocenters. The third-order valence-corrected chi connectivity index (χ3v) is 4.83. The maximum Gasteiger partial charge on any atom is 0.161 e. The Labute approximate surface area is 146 Å². The van der Waals surface area contributed by atoms with Gasteiger partial charge in [0.2, 0.25) is 0 Å². The zero-order valence-corrected chi connectivity index (χ0v) is 14.6. The van der Waals surface area contributed by atoms with Crippen LogP contribution in [0.3, 0.4) is 0 Å². The first-order valence-electron chi connectivity index (χ1n) is 8.05. The number of halogens is 2. The lowest BCUT2D eigenvalue weighted by Gasteiger charge is -2.28. The summed E-state index contributed by atoms with van der Waals surface area (Å²) in [5, 5.41) is 3.69. The third kappa shape index (κ3) is 3.35. The summed E-state index contributed by atoms with van der Waals surface area (Å²) >= 11 is 5.87. The highest BCUT2D eigenvalue weighted by Gasteiger charge is 2.23. The molecule has 5 heteroatoms. The van der Waals surface area contributed by atoms with Gasteiger partial charge in [-0.25, -0.2) is 4.39 Å². The van der Waals surface area contributed by atoms with Crippen LogP contribution in [0, 0.1) is 5.82 Å². The molecule has 1 aliphatic heterocycles. The molecule has 2 aromatic carbocycles. The zero-order valence-electron chi connectivity index (χ0n) is 13.9. The summed E-state index contributed by atoms with van der Waals surface area (Å²) in [4.78, 5) is 0. The molecule has 1 N–H and O–H groups in total. The van der Waals surface area contributed by atoms with E-state index in [1.54, 1.807) is 32.4 Å². The van der Waals surface area contributed by atoms with Crippen molar-refractivity contribution >= 4 is 11.6 Å². The Morgan fingerprint density at radius 3 is 2.71 bits per heavy atom. The second-order valence-corrected chi connectivity index (χ2v) is 6.32. The number of benzene rings is 2. The lowest BCUT2D eigenvalue weighted by molar-refractivity contribution is 0.351. The van der Waals surface area contributed by atoms with Gasteiger partial charge in [0.05, 0.1) is 19.2 Å². The van der Waals surface area contributed by atoms with Gasteiger partial charge in [0.15, 0.2) is 11.5 Å². The van der Waals surface area contributed by atoms with Crippen LogP contribution in [0.4, 0.5) is 4.39 Å². The SMILES string of the molecule is COc1cc2c(cc1OC)[C@H](CCc1cccc(Cl)c1F)NCC2. The molecule has 1 heterocycles. The standard InChI is InChI=1S/C19H21ClFNO2/c1-23-17-10-13-8-9-22-16(14(13)11-18(17)24-2)7-6-12-4-3-5-15(20)19(12)21/h3-5,10-11,16,22H,6-9H2,1-2H3/t16-/m0/s1. The van der Waals surface area contributed by atoms with Crippen LogP contribution in [0.2, 0.25) is 5.02 Å². The molecule has 0 bridgehead atoms. The number of hydrogen-bond acceptors (Lipinski definition) is 3. The number of aryl methyl sites for hydroxylation is 1. The minimum absolute atomic E-state index is 0.159. The predicted molar refractivity (Wildman–Crippen MR) is 93.7 cm³/mol. The summed E-state index contributed by atoms with van der Waals surface area (Å²) < 4.78 is 24.9. The summed E-state index contributed by atoms with van der Waals surface area (Å²) in [7, 11) is 3.28. The van der Waals surface area contributed by atoms with Gasteiger partial charge in [0.1, 0.15) is 5.82 Å². The summed E-state index contributed by atoms with van der Waals surface area (Å²) in [5.74, 6) is 1.15. The van der Waals surface area contributed by atoms with Crippen molar-refractivity contribution in [3.63, 3.8) is 0 Å². The molecule has 0 aliphatic carbocycles. The van der Waals surface area contributed by atoms with E-state index in [-0.39, 0.29) is 16.9 Å². The monoisotopic (exact) mass is 349 g/mol. The number of hydrogen-bond donors (Lipinski definition) is 1. The molecule has 0 spiro atoms. The van der Waals surface area contributed by atoms with Gasteiger partial charge in [-0.3, -0.25) is 0 Å². The quantitative estimate of drug-likeness (QED) is 0.872. The molecule has 128 valence electrons. The van der Waals surface area contributed by atoms with E-state index in [2.05, 4.69) is 5.32 Å². The van der Waals surface area contributed by atoms with Crippen molar-refractivity contribution < 1.29 is 13.9 Å². The van der Waals surface area contributed by atoms with Crippen LogP contribution in [-0.4, -0.2) is 20.8 Å². The third-order valence-electron chi connectivity index (χ3n) is 4.54. The topological polar surface area (TPSA) is 30.5 Å². The molecule has 0 saturated heterocycles. The highest BCUT2D eigenvalue weighted by molar-refractivity contribution is 6.30. The number of methoxy groups -OCH3 is 2. The largest absolute Gasteiger partial charge is 0.493 e. The van der Waals surface area contributed by atoms with Gasteiger partial charge >= 0.3 is 0 Å². The molecule has 0 radical (unpaired) electrons. The highest BCUT2D eigenvalue weighted by Crippen LogP contribution is 2.36. The minimum atomic E-state index is -0.317.